The predicted molar refractivity (Wildman–Crippen MR) is 52.3 cm³/mol. The van der Waals surface area contributed by atoms with Crippen molar-refractivity contribution < 1.29 is 0 Å². The molecule has 1 aromatic carbocycles. The summed E-state index contributed by atoms with van der Waals surface area (Å²) in [6, 6.07) is 6.52. The van der Waals surface area contributed by atoms with Crippen molar-refractivity contribution in [1.82, 2.24) is 0 Å². The van der Waals surface area contributed by atoms with Gasteiger partial charge in [0.1, 0.15) is 0 Å². The molecule has 0 atom stereocenters. The Morgan fingerprint density at radius 2 is 2.09 bits per heavy atom. The SMILES string of the molecule is CCc1cccc(SC)c1C. The highest BCUT2D eigenvalue weighted by Crippen LogP contribution is 2.22. The molecule has 1 aromatic rings. The molecule has 11 heavy (non-hydrogen) atoms. The van der Waals surface area contributed by atoms with Crippen LogP contribution in [-0.2, 0) is 6.42 Å². The van der Waals surface area contributed by atoms with Crippen LogP contribution in [0.25, 0.3) is 0 Å². The third-order valence-electron chi connectivity index (χ3n) is 2.00. The lowest BCUT2D eigenvalue weighted by atomic mass is 10.1. The highest BCUT2D eigenvalue weighted by molar-refractivity contribution is 7.98. The molecule has 0 heterocycles. The zero-order valence-corrected chi connectivity index (χ0v) is 8.16. The lowest BCUT2D eigenvalue weighted by molar-refractivity contribution is 1.08. The quantitative estimate of drug-likeness (QED) is 0.608. The van der Waals surface area contributed by atoms with E-state index in [1.807, 2.05) is 11.8 Å². The fourth-order valence-electron chi connectivity index (χ4n) is 1.26. The fourth-order valence-corrected chi connectivity index (χ4v) is 1.92. The van der Waals surface area contributed by atoms with Gasteiger partial charge in [-0.1, -0.05) is 19.1 Å². The van der Waals surface area contributed by atoms with E-state index >= 15 is 0 Å². The van der Waals surface area contributed by atoms with Crippen molar-refractivity contribution in [3.8, 4) is 0 Å². The van der Waals surface area contributed by atoms with Crippen molar-refractivity contribution in [2.75, 3.05) is 6.26 Å². The van der Waals surface area contributed by atoms with E-state index < -0.39 is 0 Å². The molecule has 0 aliphatic heterocycles. The van der Waals surface area contributed by atoms with E-state index in [0.717, 1.165) is 6.42 Å². The fraction of sp³-hybridized carbons (Fsp3) is 0.400. The van der Waals surface area contributed by atoms with Crippen LogP contribution >= 0.6 is 11.8 Å². The summed E-state index contributed by atoms with van der Waals surface area (Å²) in [5.41, 5.74) is 2.92. The van der Waals surface area contributed by atoms with Crippen LogP contribution in [0.3, 0.4) is 0 Å². The van der Waals surface area contributed by atoms with Crippen molar-refractivity contribution in [3.63, 3.8) is 0 Å². The van der Waals surface area contributed by atoms with Gasteiger partial charge in [-0.05, 0) is 36.8 Å². The summed E-state index contributed by atoms with van der Waals surface area (Å²) < 4.78 is 0. The highest BCUT2D eigenvalue weighted by atomic mass is 32.2. The summed E-state index contributed by atoms with van der Waals surface area (Å²) in [7, 11) is 0. The normalized spacial score (nSPS) is 10.1. The maximum absolute atomic E-state index is 2.20. The second-order valence-corrected chi connectivity index (χ2v) is 3.45. The first-order chi connectivity index (χ1) is 5.29. The molecule has 1 rings (SSSR count). The standard InChI is InChI=1S/C10H14S/c1-4-9-6-5-7-10(11-3)8(9)2/h5-7H,4H2,1-3H3. The smallest absolute Gasteiger partial charge is 0.0101 e. The van der Waals surface area contributed by atoms with Crippen LogP contribution in [0.15, 0.2) is 23.1 Å². The Bertz CT molecular complexity index is 218. The summed E-state index contributed by atoms with van der Waals surface area (Å²) in [6.07, 6.45) is 3.27. The molecule has 0 unspecified atom stereocenters. The van der Waals surface area contributed by atoms with Gasteiger partial charge in [0.2, 0.25) is 0 Å². The number of rotatable bonds is 2. The van der Waals surface area contributed by atoms with Gasteiger partial charge in [0.25, 0.3) is 0 Å². The van der Waals surface area contributed by atoms with E-state index in [-0.39, 0.29) is 0 Å². The van der Waals surface area contributed by atoms with Gasteiger partial charge in [-0.25, -0.2) is 0 Å². The van der Waals surface area contributed by atoms with E-state index in [9.17, 15) is 0 Å². The van der Waals surface area contributed by atoms with E-state index in [4.69, 9.17) is 0 Å². The van der Waals surface area contributed by atoms with Crippen LogP contribution in [0.5, 0.6) is 0 Å². The number of thioether (sulfide) groups is 1. The minimum atomic E-state index is 1.14. The number of benzene rings is 1. The molecule has 1 heteroatoms. The van der Waals surface area contributed by atoms with Crippen LogP contribution < -0.4 is 0 Å². The molecule has 0 amide bonds. The van der Waals surface area contributed by atoms with Gasteiger partial charge >= 0.3 is 0 Å². The van der Waals surface area contributed by atoms with Gasteiger partial charge in [0.05, 0.1) is 0 Å². The lowest BCUT2D eigenvalue weighted by Gasteiger charge is -2.06. The summed E-state index contributed by atoms with van der Waals surface area (Å²) in [4.78, 5) is 1.41. The van der Waals surface area contributed by atoms with Gasteiger partial charge in [-0.2, -0.15) is 0 Å². The first kappa shape index (κ1) is 8.66. The number of hydrogen-bond acceptors (Lipinski definition) is 1. The van der Waals surface area contributed by atoms with Crippen molar-refractivity contribution in [2.24, 2.45) is 0 Å². The molecule has 0 aromatic heterocycles. The van der Waals surface area contributed by atoms with E-state index in [2.05, 4.69) is 38.3 Å². The van der Waals surface area contributed by atoms with Crippen LogP contribution in [-0.4, -0.2) is 6.26 Å². The van der Waals surface area contributed by atoms with E-state index in [1.165, 1.54) is 16.0 Å². The van der Waals surface area contributed by atoms with E-state index in [1.54, 1.807) is 0 Å². The Hall–Kier alpha value is -0.430. The van der Waals surface area contributed by atoms with Crippen molar-refractivity contribution >= 4 is 11.8 Å². The molecule has 0 saturated carbocycles. The number of aryl methyl sites for hydroxylation is 1. The second-order valence-electron chi connectivity index (χ2n) is 2.60. The van der Waals surface area contributed by atoms with Crippen LogP contribution in [0.1, 0.15) is 18.1 Å². The van der Waals surface area contributed by atoms with Gasteiger partial charge in [-0.3, -0.25) is 0 Å². The molecule has 0 aliphatic rings. The summed E-state index contributed by atoms with van der Waals surface area (Å²) in [5.74, 6) is 0. The van der Waals surface area contributed by atoms with Crippen LogP contribution in [0.4, 0.5) is 0 Å². The molecule has 0 N–H and O–H groups in total. The average Bonchev–Trinajstić information content (AvgIpc) is 2.05. The minimum absolute atomic E-state index is 1.14. The monoisotopic (exact) mass is 166 g/mol. The maximum atomic E-state index is 2.20. The van der Waals surface area contributed by atoms with Crippen LogP contribution in [0, 0.1) is 6.92 Å². The molecule has 0 spiro atoms. The van der Waals surface area contributed by atoms with Gasteiger partial charge < -0.3 is 0 Å². The molecule has 0 aliphatic carbocycles. The Balaban J connectivity index is 3.10. The molecule has 0 radical (unpaired) electrons. The third-order valence-corrected chi connectivity index (χ3v) is 2.88. The Morgan fingerprint density at radius 3 is 2.64 bits per heavy atom. The third kappa shape index (κ3) is 1.78. The summed E-state index contributed by atoms with van der Waals surface area (Å²) in [5, 5.41) is 0. The van der Waals surface area contributed by atoms with E-state index in [0.29, 0.717) is 0 Å². The molecule has 0 bridgehead atoms. The topological polar surface area (TPSA) is 0 Å². The minimum Gasteiger partial charge on any atom is -0.129 e. The first-order valence-corrected chi connectivity index (χ1v) is 5.14. The summed E-state index contributed by atoms with van der Waals surface area (Å²) >= 11 is 1.82. The van der Waals surface area contributed by atoms with Gasteiger partial charge in [0, 0.05) is 4.90 Å². The lowest BCUT2D eigenvalue weighted by Crippen LogP contribution is -1.87. The second kappa shape index (κ2) is 3.82. The summed E-state index contributed by atoms with van der Waals surface area (Å²) in [6.45, 7) is 4.40. The van der Waals surface area contributed by atoms with Gasteiger partial charge in [0.15, 0.2) is 0 Å². The zero-order valence-electron chi connectivity index (χ0n) is 7.35. The largest absolute Gasteiger partial charge is 0.129 e. The molecule has 0 saturated heterocycles. The van der Waals surface area contributed by atoms with Crippen molar-refractivity contribution in [1.29, 1.82) is 0 Å². The van der Waals surface area contributed by atoms with Crippen molar-refractivity contribution in [3.05, 3.63) is 29.3 Å². The van der Waals surface area contributed by atoms with Crippen LogP contribution in [0.2, 0.25) is 0 Å². The highest BCUT2D eigenvalue weighted by Gasteiger charge is 1.99. The van der Waals surface area contributed by atoms with Crippen molar-refractivity contribution in [2.45, 2.75) is 25.2 Å². The predicted octanol–water partition coefficient (Wildman–Crippen LogP) is 3.28. The molecular formula is C10H14S. The zero-order chi connectivity index (χ0) is 8.27. The molecule has 0 fully saturated rings. The molecule has 60 valence electrons. The number of hydrogen-bond donors (Lipinski definition) is 0. The Kier molecular flexibility index (Phi) is 3.01. The molecule has 0 nitrogen and oxygen atoms in total. The maximum Gasteiger partial charge on any atom is 0.0101 e. The Morgan fingerprint density at radius 1 is 1.36 bits per heavy atom. The average molecular weight is 166 g/mol. The Labute approximate surface area is 73.0 Å². The molecular weight excluding hydrogens is 152 g/mol. The first-order valence-electron chi connectivity index (χ1n) is 3.92. The van der Waals surface area contributed by atoms with Gasteiger partial charge in [-0.15, -0.1) is 11.8 Å².